The minimum Gasteiger partial charge on any atom is -0.494 e. The Bertz CT molecular complexity index is 758. The molecule has 6 heteroatoms. The smallest absolute Gasteiger partial charge is 0.270 e. The molecule has 0 unspecified atom stereocenters. The van der Waals surface area contributed by atoms with Gasteiger partial charge in [-0.25, -0.2) is 0 Å². The van der Waals surface area contributed by atoms with E-state index in [1.807, 2.05) is 49.4 Å². The molecule has 116 valence electrons. The van der Waals surface area contributed by atoms with Crippen molar-refractivity contribution < 1.29 is 9.53 Å². The van der Waals surface area contributed by atoms with Gasteiger partial charge in [0, 0.05) is 6.20 Å². The second-order valence-corrected chi connectivity index (χ2v) is 6.37. The van der Waals surface area contributed by atoms with E-state index >= 15 is 0 Å². The number of rotatable bonds is 4. The van der Waals surface area contributed by atoms with Crippen LogP contribution in [0.3, 0.4) is 0 Å². The minimum atomic E-state index is -0.130. The predicted octanol–water partition coefficient (Wildman–Crippen LogP) is 3.89. The highest BCUT2D eigenvalue weighted by Crippen LogP contribution is 2.36. The fourth-order valence-corrected chi connectivity index (χ4v) is 3.43. The van der Waals surface area contributed by atoms with Crippen LogP contribution in [0.5, 0.6) is 5.75 Å². The third-order valence-electron chi connectivity index (χ3n) is 3.17. The van der Waals surface area contributed by atoms with Gasteiger partial charge in [0.25, 0.3) is 5.91 Å². The summed E-state index contributed by atoms with van der Waals surface area (Å²) in [5.41, 5.74) is 1.47. The summed E-state index contributed by atoms with van der Waals surface area (Å²) in [7, 11) is 0. The summed E-state index contributed by atoms with van der Waals surface area (Å²) in [4.78, 5) is 18.9. The van der Waals surface area contributed by atoms with E-state index in [4.69, 9.17) is 17.0 Å². The summed E-state index contributed by atoms with van der Waals surface area (Å²) >= 11 is 6.64. The van der Waals surface area contributed by atoms with Gasteiger partial charge >= 0.3 is 0 Å². The van der Waals surface area contributed by atoms with Crippen molar-refractivity contribution in [3.63, 3.8) is 0 Å². The summed E-state index contributed by atoms with van der Waals surface area (Å²) in [6, 6.07) is 12.9. The van der Waals surface area contributed by atoms with Crippen LogP contribution in [0.4, 0.5) is 5.69 Å². The number of thioether (sulfide) groups is 1. The molecule has 0 atom stereocenters. The number of thiocarbonyl (C=S) groups is 1. The Morgan fingerprint density at radius 1 is 1.26 bits per heavy atom. The van der Waals surface area contributed by atoms with Gasteiger partial charge in [-0.3, -0.25) is 14.7 Å². The number of hydrogen-bond acceptors (Lipinski definition) is 5. The van der Waals surface area contributed by atoms with Gasteiger partial charge in [-0.1, -0.05) is 30.0 Å². The summed E-state index contributed by atoms with van der Waals surface area (Å²) in [5.74, 6) is 0.639. The molecule has 2 aromatic rings. The molecule has 1 aliphatic heterocycles. The zero-order valence-corrected chi connectivity index (χ0v) is 14.1. The zero-order valence-electron chi connectivity index (χ0n) is 12.4. The van der Waals surface area contributed by atoms with Crippen molar-refractivity contribution in [1.29, 1.82) is 0 Å². The van der Waals surface area contributed by atoms with Crippen LogP contribution >= 0.6 is 24.0 Å². The standard InChI is InChI=1S/C17H14N2O2S2/c1-2-21-14-8-6-13(7-9-14)19-16(20)15(23-17(19)22)11-12-5-3-4-10-18-12/h3-11H,2H2,1H3/b15-11-. The molecule has 1 aliphatic rings. The highest BCUT2D eigenvalue weighted by Gasteiger charge is 2.33. The number of nitrogens with zero attached hydrogens (tertiary/aromatic N) is 2. The van der Waals surface area contributed by atoms with Crippen LogP contribution in [0.1, 0.15) is 12.6 Å². The lowest BCUT2D eigenvalue weighted by atomic mass is 10.2. The van der Waals surface area contributed by atoms with E-state index in [1.54, 1.807) is 12.3 Å². The van der Waals surface area contributed by atoms with Crippen molar-refractivity contribution in [3.8, 4) is 5.75 Å². The number of pyridine rings is 1. The molecule has 0 bridgehead atoms. The molecule has 1 saturated heterocycles. The summed E-state index contributed by atoms with van der Waals surface area (Å²) in [6.45, 7) is 2.53. The van der Waals surface area contributed by atoms with Gasteiger partial charge in [0.05, 0.1) is 22.9 Å². The average Bonchev–Trinajstić information content (AvgIpc) is 2.84. The first kappa shape index (κ1) is 15.7. The summed E-state index contributed by atoms with van der Waals surface area (Å²) in [6.07, 6.45) is 3.45. The SMILES string of the molecule is CCOc1ccc(N2C(=O)/C(=C/c3ccccn3)SC2=S)cc1. The maximum absolute atomic E-state index is 12.6. The number of carbonyl (C=O) groups excluding carboxylic acids is 1. The second kappa shape index (κ2) is 6.93. The first-order valence-electron chi connectivity index (χ1n) is 7.11. The van der Waals surface area contributed by atoms with Crippen LogP contribution in [-0.4, -0.2) is 21.8 Å². The Balaban J connectivity index is 1.85. The first-order valence-corrected chi connectivity index (χ1v) is 8.33. The highest BCUT2D eigenvalue weighted by molar-refractivity contribution is 8.27. The molecule has 1 amide bonds. The van der Waals surface area contributed by atoms with Crippen LogP contribution < -0.4 is 9.64 Å². The fourth-order valence-electron chi connectivity index (χ4n) is 2.14. The summed E-state index contributed by atoms with van der Waals surface area (Å²) in [5, 5.41) is 0. The van der Waals surface area contributed by atoms with Gasteiger partial charge in [0.1, 0.15) is 5.75 Å². The van der Waals surface area contributed by atoms with Crippen molar-refractivity contribution in [2.24, 2.45) is 0 Å². The van der Waals surface area contributed by atoms with Crippen LogP contribution in [0, 0.1) is 0 Å². The number of aromatic nitrogens is 1. The van der Waals surface area contributed by atoms with E-state index in [0.29, 0.717) is 15.8 Å². The Hall–Kier alpha value is -2.18. The molecule has 4 nitrogen and oxygen atoms in total. The molecular weight excluding hydrogens is 328 g/mol. The molecule has 23 heavy (non-hydrogen) atoms. The van der Waals surface area contributed by atoms with Crippen molar-refractivity contribution in [1.82, 2.24) is 4.98 Å². The molecule has 0 N–H and O–H groups in total. The Labute approximate surface area is 144 Å². The number of benzene rings is 1. The molecule has 0 saturated carbocycles. The number of hydrogen-bond donors (Lipinski definition) is 0. The molecule has 0 spiro atoms. The van der Waals surface area contributed by atoms with Gasteiger partial charge in [-0.2, -0.15) is 0 Å². The molecule has 1 aromatic heterocycles. The van der Waals surface area contributed by atoms with Gasteiger partial charge in [-0.05, 0) is 49.4 Å². The van der Waals surface area contributed by atoms with Crippen LogP contribution in [-0.2, 0) is 4.79 Å². The van der Waals surface area contributed by atoms with Crippen molar-refractivity contribution >= 4 is 46.0 Å². The average molecular weight is 342 g/mol. The third kappa shape index (κ3) is 3.43. The van der Waals surface area contributed by atoms with Crippen molar-refractivity contribution in [3.05, 3.63) is 59.3 Å². The normalized spacial score (nSPS) is 16.2. The highest BCUT2D eigenvalue weighted by atomic mass is 32.2. The van der Waals surface area contributed by atoms with E-state index in [9.17, 15) is 4.79 Å². The molecule has 2 heterocycles. The predicted molar refractivity (Wildman–Crippen MR) is 97.5 cm³/mol. The number of anilines is 1. The van der Waals surface area contributed by atoms with E-state index in [0.717, 1.165) is 17.1 Å². The molecule has 0 radical (unpaired) electrons. The Morgan fingerprint density at radius 2 is 2.04 bits per heavy atom. The lowest BCUT2D eigenvalue weighted by molar-refractivity contribution is -0.113. The zero-order chi connectivity index (χ0) is 16.2. The largest absolute Gasteiger partial charge is 0.494 e. The van der Waals surface area contributed by atoms with E-state index in [-0.39, 0.29) is 5.91 Å². The molecule has 1 fully saturated rings. The van der Waals surface area contributed by atoms with Gasteiger partial charge < -0.3 is 4.74 Å². The van der Waals surface area contributed by atoms with E-state index in [1.165, 1.54) is 16.7 Å². The quantitative estimate of drug-likeness (QED) is 0.623. The lowest BCUT2D eigenvalue weighted by Crippen LogP contribution is -2.27. The van der Waals surface area contributed by atoms with E-state index < -0.39 is 0 Å². The molecular formula is C17H14N2O2S2. The topological polar surface area (TPSA) is 42.4 Å². The van der Waals surface area contributed by atoms with Gasteiger partial charge in [0.2, 0.25) is 0 Å². The number of ether oxygens (including phenoxy) is 1. The van der Waals surface area contributed by atoms with Crippen LogP contribution in [0.15, 0.2) is 53.6 Å². The minimum absolute atomic E-state index is 0.130. The van der Waals surface area contributed by atoms with Gasteiger partial charge in [0.15, 0.2) is 4.32 Å². The van der Waals surface area contributed by atoms with Crippen LogP contribution in [0.2, 0.25) is 0 Å². The maximum atomic E-state index is 12.6. The monoisotopic (exact) mass is 342 g/mol. The van der Waals surface area contributed by atoms with Crippen molar-refractivity contribution in [2.75, 3.05) is 11.5 Å². The molecule has 0 aliphatic carbocycles. The number of carbonyl (C=O) groups is 1. The maximum Gasteiger partial charge on any atom is 0.270 e. The fraction of sp³-hybridized carbons (Fsp3) is 0.118. The lowest BCUT2D eigenvalue weighted by Gasteiger charge is -2.15. The third-order valence-corrected chi connectivity index (χ3v) is 4.47. The first-order chi connectivity index (χ1) is 11.2. The van der Waals surface area contributed by atoms with E-state index in [2.05, 4.69) is 4.98 Å². The van der Waals surface area contributed by atoms with Crippen LogP contribution in [0.25, 0.3) is 6.08 Å². The Kier molecular flexibility index (Phi) is 4.73. The summed E-state index contributed by atoms with van der Waals surface area (Å²) < 4.78 is 5.93. The second-order valence-electron chi connectivity index (χ2n) is 4.70. The van der Waals surface area contributed by atoms with Crippen molar-refractivity contribution in [2.45, 2.75) is 6.92 Å². The van der Waals surface area contributed by atoms with Gasteiger partial charge in [-0.15, -0.1) is 0 Å². The molecule has 1 aromatic carbocycles. The molecule has 3 rings (SSSR count). The number of amides is 1. The Morgan fingerprint density at radius 3 is 2.70 bits per heavy atom.